The van der Waals surface area contributed by atoms with Gasteiger partial charge in [0.25, 0.3) is 0 Å². The minimum absolute atomic E-state index is 0.175. The Bertz CT molecular complexity index is 882. The van der Waals surface area contributed by atoms with Crippen LogP contribution in [0.25, 0.3) is 11.0 Å². The smallest absolute Gasteiger partial charge is 0.407 e. The maximum absolute atomic E-state index is 11.1. The molecule has 1 aromatic carbocycles. The lowest BCUT2D eigenvalue weighted by molar-refractivity contribution is 0.0843. The molecular formula is C22H33N2O5Si. The zero-order valence-electron chi connectivity index (χ0n) is 18.6. The fourth-order valence-electron chi connectivity index (χ4n) is 4.16. The summed E-state index contributed by atoms with van der Waals surface area (Å²) in [6.45, 7) is 11.7. The molecule has 0 aliphatic carbocycles. The van der Waals surface area contributed by atoms with Crippen molar-refractivity contribution >= 4 is 26.1 Å². The van der Waals surface area contributed by atoms with E-state index in [4.69, 9.17) is 14.1 Å². The molecule has 0 spiro atoms. The molecule has 2 N–H and O–H groups in total. The lowest BCUT2D eigenvalue weighted by Gasteiger charge is -2.33. The van der Waals surface area contributed by atoms with Crippen LogP contribution in [0.3, 0.4) is 0 Å². The van der Waals surface area contributed by atoms with Gasteiger partial charge in [0, 0.05) is 18.5 Å². The summed E-state index contributed by atoms with van der Waals surface area (Å²) >= 11 is 0. The number of aromatic nitrogens is 1. The molecule has 3 rings (SSSR count). The molecule has 1 unspecified atom stereocenters. The minimum Gasteiger partial charge on any atom is -0.507 e. The number of carboxylic acid groups (broad SMARTS) is 1. The molecule has 30 heavy (non-hydrogen) atoms. The van der Waals surface area contributed by atoms with E-state index < -0.39 is 15.1 Å². The first-order valence-electron chi connectivity index (χ1n) is 10.6. The number of carbonyl (C=O) groups is 1. The first-order chi connectivity index (χ1) is 14.1. The van der Waals surface area contributed by atoms with Crippen molar-refractivity contribution in [3.8, 4) is 5.75 Å². The van der Waals surface area contributed by atoms with E-state index in [2.05, 4.69) is 39.0 Å². The normalized spacial score (nSPS) is 17.1. The summed E-state index contributed by atoms with van der Waals surface area (Å²) in [7, 11) is -0.994. The minimum atomic E-state index is -0.994. The molecule has 1 amide bonds. The number of phenols is 1. The number of phenolic OH excluding ortho intramolecular Hbond substituents is 1. The Labute approximate surface area is 179 Å². The van der Waals surface area contributed by atoms with Crippen molar-refractivity contribution in [3.63, 3.8) is 0 Å². The number of amides is 1. The molecule has 1 radical (unpaired) electrons. The van der Waals surface area contributed by atoms with Crippen LogP contribution < -0.4 is 0 Å². The molecule has 1 atom stereocenters. The molecule has 0 bridgehead atoms. The van der Waals surface area contributed by atoms with Crippen LogP contribution in [0, 0.1) is 11.3 Å². The Morgan fingerprint density at radius 1 is 1.33 bits per heavy atom. The van der Waals surface area contributed by atoms with E-state index in [1.165, 1.54) is 4.90 Å². The molecule has 1 aromatic heterocycles. The number of rotatable bonds is 6. The van der Waals surface area contributed by atoms with E-state index in [1.807, 2.05) is 6.07 Å². The lowest BCUT2D eigenvalue weighted by atomic mass is 9.83. The van der Waals surface area contributed by atoms with Crippen molar-refractivity contribution in [2.75, 3.05) is 13.1 Å². The Kier molecular flexibility index (Phi) is 6.77. The van der Waals surface area contributed by atoms with Crippen LogP contribution in [0.15, 0.2) is 16.7 Å². The highest BCUT2D eigenvalue weighted by Crippen LogP contribution is 2.44. The summed E-state index contributed by atoms with van der Waals surface area (Å²) in [6, 6.07) is 3.58. The van der Waals surface area contributed by atoms with Crippen LogP contribution in [-0.2, 0) is 10.8 Å². The molecule has 0 saturated carbocycles. The van der Waals surface area contributed by atoms with Gasteiger partial charge in [0.1, 0.15) is 5.75 Å². The average molecular weight is 434 g/mol. The number of hydrogen-bond acceptors (Lipinski definition) is 5. The van der Waals surface area contributed by atoms with Crippen LogP contribution in [0.2, 0.25) is 13.1 Å². The number of piperidine rings is 1. The van der Waals surface area contributed by atoms with Gasteiger partial charge in [-0.3, -0.25) is 0 Å². The van der Waals surface area contributed by atoms with E-state index in [-0.39, 0.29) is 17.3 Å². The van der Waals surface area contributed by atoms with Gasteiger partial charge < -0.3 is 24.1 Å². The fourth-order valence-corrected chi connectivity index (χ4v) is 5.10. The number of aromatic hydroxyl groups is 1. The summed E-state index contributed by atoms with van der Waals surface area (Å²) in [4.78, 5) is 12.6. The first-order valence-corrected chi connectivity index (χ1v) is 13.0. The summed E-state index contributed by atoms with van der Waals surface area (Å²) in [5.74, 6) is 0.661. The largest absolute Gasteiger partial charge is 0.507 e. The lowest BCUT2D eigenvalue weighted by Crippen LogP contribution is -2.37. The third-order valence-electron chi connectivity index (χ3n) is 5.81. The second-order valence-corrected chi connectivity index (χ2v) is 11.6. The Morgan fingerprint density at radius 3 is 2.57 bits per heavy atom. The van der Waals surface area contributed by atoms with Crippen molar-refractivity contribution in [2.45, 2.75) is 65.7 Å². The van der Waals surface area contributed by atoms with E-state index in [0.29, 0.717) is 30.2 Å². The molecule has 1 aliphatic heterocycles. The highest BCUT2D eigenvalue weighted by atomic mass is 28.3. The molecular weight excluding hydrogens is 400 g/mol. The van der Waals surface area contributed by atoms with Gasteiger partial charge in [0.2, 0.25) is 9.04 Å². The highest BCUT2D eigenvalue weighted by Gasteiger charge is 2.34. The zero-order chi connectivity index (χ0) is 22.1. The van der Waals surface area contributed by atoms with Crippen molar-refractivity contribution in [3.05, 3.63) is 23.4 Å². The van der Waals surface area contributed by atoms with E-state index in [1.54, 1.807) is 6.07 Å². The summed E-state index contributed by atoms with van der Waals surface area (Å²) in [5, 5.41) is 25.0. The number of benzene rings is 1. The van der Waals surface area contributed by atoms with Crippen LogP contribution >= 0.6 is 0 Å². The predicted octanol–water partition coefficient (Wildman–Crippen LogP) is 5.21. The topological polar surface area (TPSA) is 96.0 Å². The Hall–Kier alpha value is -2.06. The maximum atomic E-state index is 11.1. The standard InChI is InChI=1S/C22H33N2O5Si/c1-22(2,3)20(29-30(4)5)18-17(25)9-7-15-16(23-28-19(15)18)8-6-14-10-12-24(13-11-14)21(26)27/h7,9,14,20,25H,6,8,10-13H2,1-5H3,(H,26,27). The second-order valence-electron chi connectivity index (χ2n) is 9.53. The second kappa shape index (κ2) is 8.97. The van der Waals surface area contributed by atoms with Gasteiger partial charge >= 0.3 is 6.09 Å². The summed E-state index contributed by atoms with van der Waals surface area (Å²) < 4.78 is 12.0. The number of likely N-dealkylation sites (tertiary alicyclic amines) is 1. The monoisotopic (exact) mass is 433 g/mol. The molecule has 8 heteroatoms. The van der Waals surface area contributed by atoms with Crippen molar-refractivity contribution < 1.29 is 24.0 Å². The number of hydrogen-bond donors (Lipinski definition) is 2. The highest BCUT2D eigenvalue weighted by molar-refractivity contribution is 6.48. The molecule has 1 saturated heterocycles. The van der Waals surface area contributed by atoms with Crippen molar-refractivity contribution in [2.24, 2.45) is 11.3 Å². The van der Waals surface area contributed by atoms with Gasteiger partial charge in [-0.1, -0.05) is 25.9 Å². The summed E-state index contributed by atoms with van der Waals surface area (Å²) in [6.07, 6.45) is 2.36. The van der Waals surface area contributed by atoms with Gasteiger partial charge in [-0.05, 0) is 62.2 Å². The zero-order valence-corrected chi connectivity index (χ0v) is 19.6. The number of aryl methyl sites for hydroxylation is 1. The quantitative estimate of drug-likeness (QED) is 0.607. The average Bonchev–Trinajstić information content (AvgIpc) is 3.07. The Morgan fingerprint density at radius 2 is 2.00 bits per heavy atom. The molecule has 1 aliphatic rings. The van der Waals surface area contributed by atoms with Crippen LogP contribution in [0.1, 0.15) is 57.4 Å². The molecule has 2 heterocycles. The third-order valence-corrected chi connectivity index (χ3v) is 6.51. The maximum Gasteiger partial charge on any atom is 0.407 e. The van der Waals surface area contributed by atoms with Crippen LogP contribution in [0.4, 0.5) is 4.79 Å². The van der Waals surface area contributed by atoms with Crippen LogP contribution in [-0.4, -0.2) is 48.5 Å². The fraction of sp³-hybridized carbons (Fsp3) is 0.636. The molecule has 7 nitrogen and oxygen atoms in total. The van der Waals surface area contributed by atoms with Gasteiger partial charge in [-0.25, -0.2) is 4.79 Å². The SMILES string of the molecule is C[Si](C)OC(c1c(O)ccc2c(CCC3CCN(C(=O)O)CC3)noc12)C(C)(C)C. The summed E-state index contributed by atoms with van der Waals surface area (Å²) in [5.41, 5.74) is 1.96. The number of nitrogens with zero attached hydrogens (tertiary/aromatic N) is 2. The predicted molar refractivity (Wildman–Crippen MR) is 117 cm³/mol. The van der Waals surface area contributed by atoms with E-state index in [9.17, 15) is 9.90 Å². The molecule has 1 fully saturated rings. The number of fused-ring (bicyclic) bond motifs is 1. The van der Waals surface area contributed by atoms with Gasteiger partial charge in [-0.2, -0.15) is 0 Å². The van der Waals surface area contributed by atoms with E-state index >= 15 is 0 Å². The first kappa shape index (κ1) is 22.6. The van der Waals surface area contributed by atoms with Gasteiger partial charge in [-0.15, -0.1) is 0 Å². The van der Waals surface area contributed by atoms with Gasteiger partial charge in [0.15, 0.2) is 5.58 Å². The van der Waals surface area contributed by atoms with Crippen LogP contribution in [0.5, 0.6) is 5.75 Å². The van der Waals surface area contributed by atoms with Crippen molar-refractivity contribution in [1.29, 1.82) is 0 Å². The van der Waals surface area contributed by atoms with Crippen molar-refractivity contribution in [1.82, 2.24) is 10.1 Å². The Balaban J connectivity index is 1.81. The van der Waals surface area contributed by atoms with Gasteiger partial charge in [0.05, 0.1) is 17.4 Å². The molecule has 2 aromatic rings. The molecule has 165 valence electrons. The van der Waals surface area contributed by atoms with E-state index in [0.717, 1.165) is 36.8 Å². The third kappa shape index (κ3) is 4.98.